The van der Waals surface area contributed by atoms with Crippen molar-refractivity contribution >= 4 is 24.2 Å². The number of hydrogen-bond acceptors (Lipinski definition) is 3. The summed E-state index contributed by atoms with van der Waals surface area (Å²) in [5, 5.41) is 5.81. The van der Waals surface area contributed by atoms with Crippen molar-refractivity contribution in [2.75, 3.05) is 26.2 Å². The fraction of sp³-hybridized carbons (Fsp3) is 0.818. The molecule has 0 aromatic heterocycles. The zero-order valence-corrected chi connectivity index (χ0v) is 11.3. The second kappa shape index (κ2) is 8.31. The van der Waals surface area contributed by atoms with Gasteiger partial charge in [0.05, 0.1) is 6.54 Å². The van der Waals surface area contributed by atoms with Gasteiger partial charge < -0.3 is 15.5 Å². The Labute approximate surface area is 109 Å². The first-order valence-electron chi connectivity index (χ1n) is 5.89. The molecule has 0 radical (unpaired) electrons. The van der Waals surface area contributed by atoms with Gasteiger partial charge in [-0.25, -0.2) is 0 Å². The molecule has 17 heavy (non-hydrogen) atoms. The van der Waals surface area contributed by atoms with Gasteiger partial charge in [-0.2, -0.15) is 0 Å². The normalized spacial score (nSPS) is 18.4. The molecule has 1 aliphatic heterocycles. The third-order valence-electron chi connectivity index (χ3n) is 2.75. The molecule has 2 amide bonds. The van der Waals surface area contributed by atoms with Crippen LogP contribution in [0.5, 0.6) is 0 Å². The van der Waals surface area contributed by atoms with E-state index in [9.17, 15) is 9.59 Å². The van der Waals surface area contributed by atoms with Gasteiger partial charge in [-0.05, 0) is 19.4 Å². The summed E-state index contributed by atoms with van der Waals surface area (Å²) >= 11 is 0. The van der Waals surface area contributed by atoms with Crippen LogP contribution in [0.1, 0.15) is 26.7 Å². The lowest BCUT2D eigenvalue weighted by atomic mass is 10.2. The fourth-order valence-corrected chi connectivity index (χ4v) is 1.96. The minimum absolute atomic E-state index is 0. The number of carbonyl (C=O) groups is 2. The van der Waals surface area contributed by atoms with Gasteiger partial charge in [0.1, 0.15) is 0 Å². The highest BCUT2D eigenvalue weighted by atomic mass is 35.5. The lowest BCUT2D eigenvalue weighted by Gasteiger charge is -2.28. The largest absolute Gasteiger partial charge is 0.347 e. The molecule has 0 saturated carbocycles. The van der Waals surface area contributed by atoms with Crippen LogP contribution in [0.2, 0.25) is 0 Å². The molecule has 6 heteroatoms. The Morgan fingerprint density at radius 3 is 2.65 bits per heavy atom. The Morgan fingerprint density at radius 2 is 2.18 bits per heavy atom. The second-order valence-electron chi connectivity index (χ2n) is 4.14. The summed E-state index contributed by atoms with van der Waals surface area (Å²) in [5.41, 5.74) is 0. The fourth-order valence-electron chi connectivity index (χ4n) is 1.96. The minimum Gasteiger partial charge on any atom is -0.347 e. The van der Waals surface area contributed by atoms with Crippen LogP contribution >= 0.6 is 12.4 Å². The Balaban J connectivity index is 0.00000256. The summed E-state index contributed by atoms with van der Waals surface area (Å²) < 4.78 is 0. The summed E-state index contributed by atoms with van der Waals surface area (Å²) in [7, 11) is 0. The van der Waals surface area contributed by atoms with Gasteiger partial charge in [-0.15, -0.1) is 12.4 Å². The molecule has 1 unspecified atom stereocenters. The van der Waals surface area contributed by atoms with Crippen molar-refractivity contribution in [2.24, 2.45) is 0 Å². The summed E-state index contributed by atoms with van der Waals surface area (Å²) in [4.78, 5) is 24.5. The summed E-state index contributed by atoms with van der Waals surface area (Å²) in [6.45, 7) is 6.20. The molecule has 1 aliphatic rings. The predicted octanol–water partition coefficient (Wildman–Crippen LogP) is 0.145. The topological polar surface area (TPSA) is 61.4 Å². The van der Waals surface area contributed by atoms with Crippen LogP contribution in [0.4, 0.5) is 0 Å². The van der Waals surface area contributed by atoms with Crippen molar-refractivity contribution in [3.05, 3.63) is 0 Å². The molecular weight excluding hydrogens is 242 g/mol. The number of nitrogens with zero attached hydrogens (tertiary/aromatic N) is 1. The van der Waals surface area contributed by atoms with Crippen molar-refractivity contribution in [1.82, 2.24) is 15.5 Å². The van der Waals surface area contributed by atoms with Crippen LogP contribution in [-0.4, -0.2) is 48.9 Å². The Hall–Kier alpha value is -0.810. The summed E-state index contributed by atoms with van der Waals surface area (Å²) in [5.74, 6) is -0.139. The highest BCUT2D eigenvalue weighted by Gasteiger charge is 2.25. The monoisotopic (exact) mass is 263 g/mol. The first-order valence-corrected chi connectivity index (χ1v) is 5.89. The van der Waals surface area contributed by atoms with Crippen LogP contribution in [0.15, 0.2) is 0 Å². The molecule has 5 nitrogen and oxygen atoms in total. The molecule has 2 N–H and O–H groups in total. The van der Waals surface area contributed by atoms with E-state index in [0.29, 0.717) is 6.04 Å². The number of amides is 2. The van der Waals surface area contributed by atoms with Gasteiger partial charge >= 0.3 is 0 Å². The highest BCUT2D eigenvalue weighted by Crippen LogP contribution is 2.09. The zero-order chi connectivity index (χ0) is 12.0. The quantitative estimate of drug-likeness (QED) is 0.742. The lowest BCUT2D eigenvalue weighted by Crippen LogP contribution is -2.46. The van der Waals surface area contributed by atoms with E-state index in [4.69, 9.17) is 0 Å². The lowest BCUT2D eigenvalue weighted by molar-refractivity contribution is -0.134. The van der Waals surface area contributed by atoms with Gasteiger partial charge in [0.15, 0.2) is 0 Å². The third-order valence-corrected chi connectivity index (χ3v) is 2.75. The van der Waals surface area contributed by atoms with E-state index in [1.807, 2.05) is 4.90 Å². The van der Waals surface area contributed by atoms with Crippen molar-refractivity contribution in [3.63, 3.8) is 0 Å². The number of rotatable bonds is 5. The standard InChI is InChI=1S/C11H21N3O2.ClH/c1-3-6-14(10-4-5-12-7-10)11(16)8-13-9(2)15;/h10,12H,3-8H2,1-2H3,(H,13,15);1H. The van der Waals surface area contributed by atoms with Gasteiger partial charge in [0.2, 0.25) is 11.8 Å². The molecule has 0 bridgehead atoms. The molecule has 100 valence electrons. The molecule has 1 rings (SSSR count). The van der Waals surface area contributed by atoms with E-state index in [2.05, 4.69) is 17.6 Å². The molecule has 0 aromatic carbocycles. The van der Waals surface area contributed by atoms with Crippen LogP contribution < -0.4 is 10.6 Å². The van der Waals surface area contributed by atoms with Gasteiger partial charge in [0, 0.05) is 26.1 Å². The van der Waals surface area contributed by atoms with E-state index in [0.717, 1.165) is 32.5 Å². The SMILES string of the molecule is CCCN(C(=O)CNC(C)=O)C1CCNC1.Cl. The van der Waals surface area contributed by atoms with Crippen LogP contribution in [0, 0.1) is 0 Å². The number of halogens is 1. The zero-order valence-electron chi connectivity index (χ0n) is 10.5. The smallest absolute Gasteiger partial charge is 0.242 e. The predicted molar refractivity (Wildman–Crippen MR) is 69.2 cm³/mol. The Kier molecular flexibility index (Phi) is 7.91. The average Bonchev–Trinajstić information content (AvgIpc) is 2.75. The third kappa shape index (κ3) is 5.37. The number of nitrogens with one attached hydrogen (secondary N) is 2. The minimum atomic E-state index is -0.158. The molecule has 0 aromatic rings. The molecule has 0 spiro atoms. The Bertz CT molecular complexity index is 255. The van der Waals surface area contributed by atoms with Crippen LogP contribution in [0.3, 0.4) is 0 Å². The van der Waals surface area contributed by atoms with Gasteiger partial charge in [-0.3, -0.25) is 9.59 Å². The van der Waals surface area contributed by atoms with Crippen LogP contribution in [0.25, 0.3) is 0 Å². The molecule has 1 saturated heterocycles. The molecule has 1 fully saturated rings. The highest BCUT2D eigenvalue weighted by molar-refractivity contribution is 5.85. The summed E-state index contributed by atoms with van der Waals surface area (Å²) in [6.07, 6.45) is 1.95. The maximum absolute atomic E-state index is 11.9. The van der Waals surface area contributed by atoms with E-state index in [1.165, 1.54) is 6.92 Å². The number of hydrogen-bond donors (Lipinski definition) is 2. The molecule has 1 atom stereocenters. The first-order chi connectivity index (χ1) is 7.65. The van der Waals surface area contributed by atoms with Crippen LogP contribution in [-0.2, 0) is 9.59 Å². The molecule has 1 heterocycles. The maximum atomic E-state index is 11.9. The van der Waals surface area contributed by atoms with Crippen molar-refractivity contribution in [1.29, 1.82) is 0 Å². The molecular formula is C11H22ClN3O2. The van der Waals surface area contributed by atoms with E-state index >= 15 is 0 Å². The van der Waals surface area contributed by atoms with E-state index in [-0.39, 0.29) is 30.8 Å². The average molecular weight is 264 g/mol. The second-order valence-corrected chi connectivity index (χ2v) is 4.14. The van der Waals surface area contributed by atoms with Crippen molar-refractivity contribution < 1.29 is 9.59 Å². The molecule has 0 aliphatic carbocycles. The Morgan fingerprint density at radius 1 is 1.47 bits per heavy atom. The maximum Gasteiger partial charge on any atom is 0.242 e. The number of carbonyl (C=O) groups excluding carboxylic acids is 2. The summed E-state index contributed by atoms with van der Waals surface area (Å²) in [6, 6.07) is 0.293. The van der Waals surface area contributed by atoms with Crippen molar-refractivity contribution in [3.8, 4) is 0 Å². The van der Waals surface area contributed by atoms with E-state index in [1.54, 1.807) is 0 Å². The van der Waals surface area contributed by atoms with Gasteiger partial charge in [0.25, 0.3) is 0 Å². The van der Waals surface area contributed by atoms with Gasteiger partial charge in [-0.1, -0.05) is 6.92 Å². The first kappa shape index (κ1) is 16.2. The van der Waals surface area contributed by atoms with Crippen molar-refractivity contribution in [2.45, 2.75) is 32.7 Å². The van der Waals surface area contributed by atoms with E-state index < -0.39 is 0 Å².